The van der Waals surface area contributed by atoms with Crippen LogP contribution in [0.25, 0.3) is 0 Å². The molecule has 2 aromatic rings. The third-order valence-electron chi connectivity index (χ3n) is 3.61. The third kappa shape index (κ3) is 4.10. The van der Waals surface area contributed by atoms with Crippen LogP contribution >= 0.6 is 0 Å². The molecule has 0 atom stereocenters. The second-order valence-electron chi connectivity index (χ2n) is 5.49. The Labute approximate surface area is 155 Å². The summed E-state index contributed by atoms with van der Waals surface area (Å²) in [4.78, 5) is 33.9. The number of ether oxygens (including phenoxy) is 1. The van der Waals surface area contributed by atoms with Gasteiger partial charge in [0.1, 0.15) is 23.6 Å². The van der Waals surface area contributed by atoms with Gasteiger partial charge < -0.3 is 10.1 Å². The first kappa shape index (κ1) is 20.9. The van der Waals surface area contributed by atoms with Gasteiger partial charge >= 0.3 is 17.8 Å². The summed E-state index contributed by atoms with van der Waals surface area (Å²) in [7, 11) is 1.42. The number of alkyl halides is 3. The van der Waals surface area contributed by atoms with Crippen molar-refractivity contribution in [1.82, 2.24) is 19.6 Å². The SMILES string of the molecule is CCOC(=O)c1cnn(C)c1NC(=O)Cn1nc(C(F)(F)F)c([N+](=O)[O-])c1C. The Morgan fingerprint density at radius 2 is 2.04 bits per heavy atom. The lowest BCUT2D eigenvalue weighted by molar-refractivity contribution is -0.388. The highest BCUT2D eigenvalue weighted by Crippen LogP contribution is 2.36. The molecule has 152 valence electrons. The number of carbonyl (C=O) groups is 2. The van der Waals surface area contributed by atoms with E-state index in [9.17, 15) is 32.9 Å². The lowest BCUT2D eigenvalue weighted by Gasteiger charge is -2.09. The van der Waals surface area contributed by atoms with Gasteiger partial charge in [-0.2, -0.15) is 23.4 Å². The van der Waals surface area contributed by atoms with E-state index in [0.29, 0.717) is 4.68 Å². The van der Waals surface area contributed by atoms with E-state index in [1.165, 1.54) is 7.05 Å². The van der Waals surface area contributed by atoms with Crippen LogP contribution in [0.3, 0.4) is 0 Å². The minimum absolute atomic E-state index is 0.0428. The van der Waals surface area contributed by atoms with Gasteiger partial charge in [0.15, 0.2) is 0 Å². The zero-order valence-corrected chi connectivity index (χ0v) is 14.9. The molecule has 0 aromatic carbocycles. The van der Waals surface area contributed by atoms with Crippen molar-refractivity contribution in [2.45, 2.75) is 26.6 Å². The van der Waals surface area contributed by atoms with Crippen LogP contribution in [-0.2, 0) is 29.3 Å². The molecule has 0 saturated carbocycles. The van der Waals surface area contributed by atoms with E-state index in [0.717, 1.165) is 17.8 Å². The normalized spacial score (nSPS) is 11.4. The number of hydrogen-bond acceptors (Lipinski definition) is 7. The molecule has 1 amide bonds. The van der Waals surface area contributed by atoms with Crippen LogP contribution in [0, 0.1) is 17.0 Å². The zero-order chi connectivity index (χ0) is 21.2. The first-order chi connectivity index (χ1) is 13.0. The quantitative estimate of drug-likeness (QED) is 0.440. The molecule has 0 fully saturated rings. The fourth-order valence-electron chi connectivity index (χ4n) is 2.35. The van der Waals surface area contributed by atoms with Gasteiger partial charge in [-0.25, -0.2) is 4.79 Å². The average molecular weight is 404 g/mol. The molecular weight excluding hydrogens is 389 g/mol. The first-order valence-corrected chi connectivity index (χ1v) is 7.75. The number of carbonyl (C=O) groups excluding carboxylic acids is 2. The number of halogens is 3. The largest absolute Gasteiger partial charge is 0.462 e. The number of rotatable bonds is 6. The Kier molecular flexibility index (Phi) is 5.70. The van der Waals surface area contributed by atoms with Crippen molar-refractivity contribution in [2.24, 2.45) is 7.05 Å². The molecule has 1 N–H and O–H groups in total. The van der Waals surface area contributed by atoms with Crippen molar-refractivity contribution in [3.63, 3.8) is 0 Å². The zero-order valence-electron chi connectivity index (χ0n) is 14.9. The van der Waals surface area contributed by atoms with Crippen LogP contribution < -0.4 is 5.32 Å². The van der Waals surface area contributed by atoms with E-state index in [1.807, 2.05) is 0 Å². The monoisotopic (exact) mass is 404 g/mol. The summed E-state index contributed by atoms with van der Waals surface area (Å²) in [6.07, 6.45) is -3.91. The van der Waals surface area contributed by atoms with Gasteiger partial charge in [0.05, 0.1) is 17.7 Å². The number of anilines is 1. The highest BCUT2D eigenvalue weighted by molar-refractivity contribution is 6.00. The van der Waals surface area contributed by atoms with Crippen molar-refractivity contribution in [3.8, 4) is 0 Å². The van der Waals surface area contributed by atoms with Gasteiger partial charge in [-0.3, -0.25) is 24.3 Å². The van der Waals surface area contributed by atoms with Crippen molar-refractivity contribution in [3.05, 3.63) is 33.3 Å². The molecule has 28 heavy (non-hydrogen) atoms. The van der Waals surface area contributed by atoms with Crippen LogP contribution in [0.2, 0.25) is 0 Å². The minimum atomic E-state index is -5.06. The van der Waals surface area contributed by atoms with Crippen molar-refractivity contribution < 1.29 is 32.4 Å². The van der Waals surface area contributed by atoms with Crippen LogP contribution in [0.15, 0.2) is 6.20 Å². The smallest absolute Gasteiger partial charge is 0.442 e. The summed E-state index contributed by atoms with van der Waals surface area (Å²) in [6.45, 7) is 1.95. The standard InChI is InChI=1S/C14H15F3N6O5/c1-4-28-13(25)8-5-18-21(3)12(8)19-9(24)6-22-7(2)10(23(26)27)11(20-22)14(15,16)17/h5H,4,6H2,1-3H3,(H,19,24). The van der Waals surface area contributed by atoms with E-state index < -0.39 is 46.6 Å². The number of esters is 1. The van der Waals surface area contributed by atoms with Gasteiger partial charge in [0.2, 0.25) is 11.6 Å². The first-order valence-electron chi connectivity index (χ1n) is 7.75. The maximum atomic E-state index is 13.0. The molecule has 14 heteroatoms. The highest BCUT2D eigenvalue weighted by atomic mass is 19.4. The third-order valence-corrected chi connectivity index (χ3v) is 3.61. The Morgan fingerprint density at radius 1 is 1.39 bits per heavy atom. The van der Waals surface area contributed by atoms with E-state index in [4.69, 9.17) is 4.74 Å². The fraction of sp³-hybridized carbons (Fsp3) is 0.429. The van der Waals surface area contributed by atoms with Crippen LogP contribution in [0.5, 0.6) is 0 Å². The molecule has 0 saturated heterocycles. The number of nitrogens with one attached hydrogen (secondary N) is 1. The van der Waals surface area contributed by atoms with Gasteiger partial charge in [-0.05, 0) is 13.8 Å². The van der Waals surface area contributed by atoms with E-state index in [1.54, 1.807) is 6.92 Å². The summed E-state index contributed by atoms with van der Waals surface area (Å²) < 4.78 is 45.4. The summed E-state index contributed by atoms with van der Waals surface area (Å²) in [5, 5.41) is 20.2. The molecule has 11 nitrogen and oxygen atoms in total. The van der Waals surface area contributed by atoms with Crippen LogP contribution in [0.4, 0.5) is 24.7 Å². The molecule has 0 unspecified atom stereocenters. The molecule has 2 rings (SSSR count). The minimum Gasteiger partial charge on any atom is -0.462 e. The second kappa shape index (κ2) is 7.66. The number of hydrogen-bond donors (Lipinski definition) is 1. The molecule has 0 aliphatic heterocycles. The summed E-state index contributed by atoms with van der Waals surface area (Å²) in [5.41, 5.74) is -3.43. The van der Waals surface area contributed by atoms with Gasteiger partial charge in [-0.15, -0.1) is 0 Å². The number of aryl methyl sites for hydroxylation is 1. The Hall–Kier alpha value is -3.45. The lowest BCUT2D eigenvalue weighted by atomic mass is 10.3. The van der Waals surface area contributed by atoms with Crippen molar-refractivity contribution in [2.75, 3.05) is 11.9 Å². The summed E-state index contributed by atoms with van der Waals surface area (Å²) in [5.74, 6) is -1.67. The molecule has 0 radical (unpaired) electrons. The Balaban J connectivity index is 2.29. The molecule has 0 aliphatic rings. The highest BCUT2D eigenvalue weighted by Gasteiger charge is 2.44. The number of amides is 1. The fourth-order valence-corrected chi connectivity index (χ4v) is 2.35. The van der Waals surface area contributed by atoms with Gasteiger partial charge in [0, 0.05) is 7.05 Å². The molecular formula is C14H15F3N6O5. The van der Waals surface area contributed by atoms with Crippen molar-refractivity contribution >= 4 is 23.4 Å². The molecule has 2 heterocycles. The molecule has 0 spiro atoms. The Bertz CT molecular complexity index is 933. The van der Waals surface area contributed by atoms with Crippen LogP contribution in [0.1, 0.15) is 28.7 Å². The molecule has 0 bridgehead atoms. The topological polar surface area (TPSA) is 134 Å². The van der Waals surface area contributed by atoms with Crippen LogP contribution in [-0.4, -0.2) is 43.0 Å². The van der Waals surface area contributed by atoms with Crippen molar-refractivity contribution in [1.29, 1.82) is 0 Å². The number of nitro groups is 1. The van der Waals surface area contributed by atoms with Gasteiger partial charge in [0.25, 0.3) is 0 Å². The second-order valence-corrected chi connectivity index (χ2v) is 5.49. The predicted molar refractivity (Wildman–Crippen MR) is 86.4 cm³/mol. The maximum Gasteiger partial charge on any atom is 0.442 e. The lowest BCUT2D eigenvalue weighted by Crippen LogP contribution is -2.23. The van der Waals surface area contributed by atoms with E-state index in [2.05, 4.69) is 15.5 Å². The number of nitrogens with zero attached hydrogens (tertiary/aromatic N) is 5. The van der Waals surface area contributed by atoms with E-state index >= 15 is 0 Å². The average Bonchev–Trinajstić information content (AvgIpc) is 3.09. The summed E-state index contributed by atoms with van der Waals surface area (Å²) in [6, 6.07) is 0. The Morgan fingerprint density at radius 3 is 2.54 bits per heavy atom. The predicted octanol–water partition coefficient (Wildman–Crippen LogP) is 1.67. The van der Waals surface area contributed by atoms with Gasteiger partial charge in [-0.1, -0.05) is 0 Å². The number of aromatic nitrogens is 4. The molecule has 2 aromatic heterocycles. The van der Waals surface area contributed by atoms with E-state index in [-0.39, 0.29) is 18.0 Å². The maximum absolute atomic E-state index is 13.0. The molecule has 0 aliphatic carbocycles. The summed E-state index contributed by atoms with van der Waals surface area (Å²) >= 11 is 0.